The van der Waals surface area contributed by atoms with Crippen molar-refractivity contribution in [3.05, 3.63) is 0 Å². The van der Waals surface area contributed by atoms with Crippen LogP contribution in [0.3, 0.4) is 0 Å². The van der Waals surface area contributed by atoms with Crippen LogP contribution in [0.2, 0.25) is 0 Å². The number of halogens is 3. The molecule has 0 spiro atoms. The minimum Gasteiger partial charge on any atom is -0.367 e. The molecule has 0 saturated carbocycles. The van der Waals surface area contributed by atoms with E-state index in [2.05, 4.69) is 0 Å². The molecule has 0 aromatic heterocycles. The zero-order valence-electron chi connectivity index (χ0n) is 5.67. The fraction of sp³-hybridized carbons (Fsp3) is 0.750. The molecule has 0 unspecified atom stereocenters. The van der Waals surface area contributed by atoms with Gasteiger partial charge in [-0.05, 0) is 21.4 Å². The van der Waals surface area contributed by atoms with Crippen LogP contribution in [0.1, 0.15) is 0 Å². The molecule has 12 heavy (non-hydrogen) atoms. The third-order valence-corrected chi connectivity index (χ3v) is 4.55. The van der Waals surface area contributed by atoms with Gasteiger partial charge in [-0.15, -0.1) is 23.2 Å². The van der Waals surface area contributed by atoms with Crippen molar-refractivity contribution >= 4 is 70.8 Å². The number of ether oxygens (including phenoxy) is 1. The first-order chi connectivity index (χ1) is 5.63. The van der Waals surface area contributed by atoms with Crippen molar-refractivity contribution in [2.24, 2.45) is 0 Å². The van der Waals surface area contributed by atoms with E-state index in [4.69, 9.17) is 39.5 Å². The lowest BCUT2D eigenvalue weighted by atomic mass is 10.9. The van der Waals surface area contributed by atoms with Gasteiger partial charge in [0.25, 0.3) is 4.57 Å². The molecule has 0 aromatic carbocycles. The van der Waals surface area contributed by atoms with Gasteiger partial charge in [-0.25, -0.2) is 0 Å². The summed E-state index contributed by atoms with van der Waals surface area (Å²) in [5.74, 6) is 0.428. The van der Waals surface area contributed by atoms with E-state index in [1.165, 1.54) is 20.6 Å². The topological polar surface area (TPSA) is 26.3 Å². The minimum atomic E-state index is -0.502. The van der Waals surface area contributed by atoms with E-state index in [1.54, 1.807) is 0 Å². The maximum absolute atomic E-state index is 10.2. The molecule has 0 atom stereocenters. The molecule has 0 aromatic rings. The van der Waals surface area contributed by atoms with E-state index in [-0.39, 0.29) is 6.61 Å². The molecular formula is C4H5Cl3O2S3. The zero-order chi connectivity index (χ0) is 9.40. The van der Waals surface area contributed by atoms with Crippen molar-refractivity contribution in [2.45, 2.75) is 4.84 Å². The largest absolute Gasteiger partial charge is 0.367 e. The van der Waals surface area contributed by atoms with Gasteiger partial charge in [-0.1, -0.05) is 10.8 Å². The van der Waals surface area contributed by atoms with Crippen molar-refractivity contribution in [2.75, 3.05) is 12.5 Å². The Labute approximate surface area is 97.2 Å². The third-order valence-electron chi connectivity index (χ3n) is 0.523. The van der Waals surface area contributed by atoms with Gasteiger partial charge in [0.05, 0.1) is 6.61 Å². The molecule has 0 aliphatic heterocycles. The second-order valence-corrected chi connectivity index (χ2v) is 7.22. The molecule has 0 rings (SSSR count). The van der Waals surface area contributed by atoms with Gasteiger partial charge in [0.15, 0.2) is 0 Å². The summed E-state index contributed by atoms with van der Waals surface area (Å²) in [5, 5.41) is 0. The predicted octanol–water partition coefficient (Wildman–Crippen LogP) is 4.15. The number of hydrogen-bond acceptors (Lipinski definition) is 5. The summed E-state index contributed by atoms with van der Waals surface area (Å²) in [6.07, 6.45) is 0. The zero-order valence-corrected chi connectivity index (χ0v) is 10.4. The highest BCUT2D eigenvalue weighted by Crippen LogP contribution is 2.36. The molecule has 0 aliphatic carbocycles. The van der Waals surface area contributed by atoms with Crippen LogP contribution in [0.4, 0.5) is 4.79 Å². The number of alkyl halides is 2. The summed E-state index contributed by atoms with van der Waals surface area (Å²) >= 11 is 15.8. The lowest BCUT2D eigenvalue weighted by Crippen LogP contribution is -2.00. The predicted molar refractivity (Wildman–Crippen MR) is 60.3 cm³/mol. The normalized spacial score (nSPS) is 10.7. The van der Waals surface area contributed by atoms with Crippen molar-refractivity contribution in [3.63, 3.8) is 0 Å². The Hall–Kier alpha value is 1.55. The van der Waals surface area contributed by atoms with Crippen LogP contribution >= 0.6 is 66.2 Å². The number of carbonyl (C=O) groups excluding carboxylic acids is 1. The van der Waals surface area contributed by atoms with E-state index >= 15 is 0 Å². The molecule has 0 saturated heterocycles. The standard InChI is InChI=1S/C4H5Cl3O2S3/c5-3(6)1-9-2-10-12-11-4(7)8/h3H,1-2H2. The van der Waals surface area contributed by atoms with Gasteiger partial charge >= 0.3 is 0 Å². The lowest BCUT2D eigenvalue weighted by molar-refractivity contribution is 0.196. The molecule has 0 N–H and O–H groups in total. The summed E-state index contributed by atoms with van der Waals surface area (Å²) in [7, 11) is 3.56. The third kappa shape index (κ3) is 11.6. The van der Waals surface area contributed by atoms with Gasteiger partial charge in [0, 0.05) is 10.8 Å². The molecule has 0 bridgehead atoms. The molecule has 72 valence electrons. The van der Waals surface area contributed by atoms with Gasteiger partial charge in [0.1, 0.15) is 10.8 Å². The Balaban J connectivity index is 2.96. The number of carbonyl (C=O) groups is 1. The highest BCUT2D eigenvalue weighted by atomic mass is 35.5. The monoisotopic (exact) mass is 286 g/mol. The van der Waals surface area contributed by atoms with Gasteiger partial charge in [-0.2, -0.15) is 0 Å². The van der Waals surface area contributed by atoms with Crippen LogP contribution in [0.5, 0.6) is 0 Å². The van der Waals surface area contributed by atoms with Gasteiger partial charge in [-0.3, -0.25) is 4.79 Å². The molecule has 8 heteroatoms. The Kier molecular flexibility index (Phi) is 10.3. The van der Waals surface area contributed by atoms with E-state index in [9.17, 15) is 4.79 Å². The fourth-order valence-corrected chi connectivity index (χ4v) is 3.31. The van der Waals surface area contributed by atoms with E-state index in [1.807, 2.05) is 0 Å². The Morgan fingerprint density at radius 1 is 1.50 bits per heavy atom. The smallest absolute Gasteiger partial charge is 0.290 e. The minimum absolute atomic E-state index is 0.288. The van der Waals surface area contributed by atoms with Crippen LogP contribution in [0, 0.1) is 0 Å². The summed E-state index contributed by atoms with van der Waals surface area (Å²) < 4.78 is 4.54. The molecular weight excluding hydrogens is 283 g/mol. The average molecular weight is 288 g/mol. The number of hydrogen-bond donors (Lipinski definition) is 0. The maximum atomic E-state index is 10.2. The Bertz CT molecular complexity index is 135. The SMILES string of the molecule is O=C(Cl)SSSCOCC(Cl)Cl. The number of rotatable bonds is 6. The molecule has 2 nitrogen and oxygen atoms in total. The molecule has 0 aliphatic rings. The lowest BCUT2D eigenvalue weighted by Gasteiger charge is -2.01. The Morgan fingerprint density at radius 3 is 2.67 bits per heavy atom. The molecule has 0 fully saturated rings. The average Bonchev–Trinajstić information content (AvgIpc) is 1.95. The van der Waals surface area contributed by atoms with E-state index < -0.39 is 9.41 Å². The highest BCUT2D eigenvalue weighted by molar-refractivity contribution is 9.12. The Morgan fingerprint density at radius 2 is 2.17 bits per heavy atom. The fourth-order valence-electron chi connectivity index (χ4n) is 0.242. The van der Waals surface area contributed by atoms with Crippen LogP contribution in [0.25, 0.3) is 0 Å². The van der Waals surface area contributed by atoms with Crippen LogP contribution in [-0.2, 0) is 4.74 Å². The first kappa shape index (κ1) is 13.5. The van der Waals surface area contributed by atoms with Crippen molar-refractivity contribution < 1.29 is 9.53 Å². The van der Waals surface area contributed by atoms with Crippen molar-refractivity contribution in [1.82, 2.24) is 0 Å². The van der Waals surface area contributed by atoms with E-state index in [0.29, 0.717) is 5.94 Å². The summed E-state index contributed by atoms with van der Waals surface area (Å²) in [6, 6.07) is 0. The molecule has 0 amide bonds. The maximum Gasteiger partial charge on any atom is 0.290 e. The van der Waals surface area contributed by atoms with E-state index in [0.717, 1.165) is 10.8 Å². The quantitative estimate of drug-likeness (QED) is 0.240. The van der Waals surface area contributed by atoms with Crippen LogP contribution < -0.4 is 0 Å². The van der Waals surface area contributed by atoms with Crippen molar-refractivity contribution in [3.8, 4) is 0 Å². The highest BCUT2D eigenvalue weighted by Gasteiger charge is 2.00. The first-order valence-electron chi connectivity index (χ1n) is 2.64. The molecule has 0 heterocycles. The summed E-state index contributed by atoms with van der Waals surface area (Å²) in [4.78, 5) is 9.69. The summed E-state index contributed by atoms with van der Waals surface area (Å²) in [6.45, 7) is 0.288. The first-order valence-corrected chi connectivity index (χ1v) is 7.54. The van der Waals surface area contributed by atoms with Crippen molar-refractivity contribution in [1.29, 1.82) is 0 Å². The van der Waals surface area contributed by atoms with Crippen LogP contribution in [0.15, 0.2) is 0 Å². The second kappa shape index (κ2) is 9.12. The van der Waals surface area contributed by atoms with Gasteiger partial charge < -0.3 is 4.74 Å². The second-order valence-electron chi connectivity index (χ2n) is 1.39. The van der Waals surface area contributed by atoms with Crippen LogP contribution in [-0.4, -0.2) is 22.0 Å². The molecule has 0 radical (unpaired) electrons. The summed E-state index contributed by atoms with van der Waals surface area (Å²) in [5.41, 5.74) is 0. The van der Waals surface area contributed by atoms with Gasteiger partial charge in [0.2, 0.25) is 0 Å².